The van der Waals surface area contributed by atoms with Crippen LogP contribution in [0.5, 0.6) is 5.75 Å². The van der Waals surface area contributed by atoms with E-state index in [1.807, 2.05) is 60.7 Å². The van der Waals surface area contributed by atoms with E-state index in [1.54, 1.807) is 0 Å². The van der Waals surface area contributed by atoms with Crippen molar-refractivity contribution in [2.75, 3.05) is 13.2 Å². The number of hydrogen-bond acceptors (Lipinski definition) is 4. The second-order valence-electron chi connectivity index (χ2n) is 6.54. The molecular weight excluding hydrogens is 328 g/mol. The summed E-state index contributed by atoms with van der Waals surface area (Å²) in [5.74, 6) is 0.912. The maximum atomic E-state index is 11.8. The maximum absolute atomic E-state index is 11.8. The third kappa shape index (κ3) is 6.08. The Labute approximate surface area is 154 Å². The molecule has 0 unspecified atom stereocenters. The summed E-state index contributed by atoms with van der Waals surface area (Å²) >= 11 is 0. The van der Waals surface area contributed by atoms with Crippen LogP contribution in [0.15, 0.2) is 60.7 Å². The molecule has 5 nitrogen and oxygen atoms in total. The summed E-state index contributed by atoms with van der Waals surface area (Å²) in [6.45, 7) is 1.93. The van der Waals surface area contributed by atoms with E-state index in [4.69, 9.17) is 9.47 Å². The number of amides is 1. The minimum atomic E-state index is -0.339. The lowest BCUT2D eigenvalue weighted by atomic mass is 9.87. The monoisotopic (exact) mass is 354 g/mol. The topological polar surface area (TPSA) is 59.6 Å². The van der Waals surface area contributed by atoms with Gasteiger partial charge in [0.1, 0.15) is 12.4 Å². The molecule has 1 fully saturated rings. The highest BCUT2D eigenvalue weighted by molar-refractivity contribution is 5.67. The molecule has 2 aromatic carbocycles. The van der Waals surface area contributed by atoms with Gasteiger partial charge < -0.3 is 20.1 Å². The zero-order valence-corrected chi connectivity index (χ0v) is 14.9. The molecule has 1 aliphatic rings. The lowest BCUT2D eigenvalue weighted by Gasteiger charge is -2.36. The Morgan fingerprint density at radius 1 is 0.962 bits per heavy atom. The highest BCUT2D eigenvalue weighted by Gasteiger charge is 2.30. The van der Waals surface area contributed by atoms with E-state index in [9.17, 15) is 4.79 Å². The number of para-hydroxylation sites is 1. The van der Waals surface area contributed by atoms with Crippen LogP contribution in [0.25, 0.3) is 0 Å². The number of carbonyl (C=O) groups is 1. The van der Waals surface area contributed by atoms with Crippen molar-refractivity contribution in [2.24, 2.45) is 0 Å². The highest BCUT2D eigenvalue weighted by atomic mass is 16.5. The van der Waals surface area contributed by atoms with Crippen molar-refractivity contribution in [3.05, 3.63) is 66.2 Å². The van der Waals surface area contributed by atoms with Gasteiger partial charge in [0.2, 0.25) is 0 Å². The van der Waals surface area contributed by atoms with Gasteiger partial charge in [-0.2, -0.15) is 0 Å². The normalized spacial score (nSPS) is 18.6. The number of rotatable bonds is 9. The van der Waals surface area contributed by atoms with E-state index in [0.717, 1.165) is 37.1 Å². The lowest BCUT2D eigenvalue weighted by Crippen LogP contribution is -2.52. The van der Waals surface area contributed by atoms with Gasteiger partial charge in [-0.3, -0.25) is 0 Å². The predicted octanol–water partition coefficient (Wildman–Crippen LogP) is 3.50. The highest BCUT2D eigenvalue weighted by Crippen LogP contribution is 2.20. The molecule has 1 amide bonds. The third-order valence-electron chi connectivity index (χ3n) is 4.44. The Morgan fingerprint density at radius 2 is 1.65 bits per heavy atom. The molecule has 0 bridgehead atoms. The first-order chi connectivity index (χ1) is 12.8. The first kappa shape index (κ1) is 18.3. The zero-order valence-electron chi connectivity index (χ0n) is 14.9. The van der Waals surface area contributed by atoms with Gasteiger partial charge in [0.05, 0.1) is 6.61 Å². The van der Waals surface area contributed by atoms with E-state index in [2.05, 4.69) is 10.6 Å². The van der Waals surface area contributed by atoms with Crippen molar-refractivity contribution in [2.45, 2.75) is 38.0 Å². The van der Waals surface area contributed by atoms with Gasteiger partial charge in [-0.05, 0) is 43.5 Å². The molecule has 1 aliphatic carbocycles. The van der Waals surface area contributed by atoms with Crippen molar-refractivity contribution >= 4 is 6.09 Å². The maximum Gasteiger partial charge on any atom is 0.407 e. The number of hydrogen-bond donors (Lipinski definition) is 2. The van der Waals surface area contributed by atoms with Crippen molar-refractivity contribution in [3.8, 4) is 5.75 Å². The van der Waals surface area contributed by atoms with Gasteiger partial charge in [-0.15, -0.1) is 0 Å². The van der Waals surface area contributed by atoms with Gasteiger partial charge in [0, 0.05) is 12.1 Å². The summed E-state index contributed by atoms with van der Waals surface area (Å²) in [4.78, 5) is 11.8. The number of alkyl carbamates (subject to hydrolysis) is 1. The van der Waals surface area contributed by atoms with E-state index in [0.29, 0.717) is 19.3 Å². The van der Waals surface area contributed by atoms with Crippen LogP contribution in [-0.2, 0) is 11.3 Å². The van der Waals surface area contributed by atoms with Gasteiger partial charge >= 0.3 is 6.09 Å². The molecule has 0 aliphatic heterocycles. The van der Waals surface area contributed by atoms with Crippen LogP contribution in [-0.4, -0.2) is 31.3 Å². The summed E-state index contributed by atoms with van der Waals surface area (Å²) in [6, 6.07) is 20.2. The minimum absolute atomic E-state index is 0.205. The fourth-order valence-electron chi connectivity index (χ4n) is 2.92. The summed E-state index contributed by atoms with van der Waals surface area (Å²) in [5, 5.41) is 6.41. The van der Waals surface area contributed by atoms with Crippen molar-refractivity contribution in [1.29, 1.82) is 0 Å². The molecule has 3 rings (SSSR count). The number of ether oxygens (including phenoxy) is 2. The summed E-state index contributed by atoms with van der Waals surface area (Å²) in [7, 11) is 0. The second kappa shape index (κ2) is 9.82. The van der Waals surface area contributed by atoms with Gasteiger partial charge in [-0.1, -0.05) is 48.5 Å². The van der Waals surface area contributed by atoms with Crippen LogP contribution >= 0.6 is 0 Å². The van der Waals surface area contributed by atoms with Crippen molar-refractivity contribution in [3.63, 3.8) is 0 Å². The molecule has 0 aromatic heterocycles. The second-order valence-corrected chi connectivity index (χ2v) is 6.54. The van der Waals surface area contributed by atoms with E-state index >= 15 is 0 Å². The first-order valence-corrected chi connectivity index (χ1v) is 9.18. The van der Waals surface area contributed by atoms with E-state index in [1.165, 1.54) is 0 Å². The third-order valence-corrected chi connectivity index (χ3v) is 4.44. The smallest absolute Gasteiger partial charge is 0.407 e. The van der Waals surface area contributed by atoms with Crippen LogP contribution < -0.4 is 15.4 Å². The molecule has 0 saturated heterocycles. The molecule has 0 spiro atoms. The SMILES string of the molecule is O=C(NC1CC(NCCCOc2ccccc2)C1)OCc1ccccc1. The molecule has 2 aromatic rings. The molecular formula is C21H26N2O3. The van der Waals surface area contributed by atoms with Crippen molar-refractivity contribution < 1.29 is 14.3 Å². The first-order valence-electron chi connectivity index (χ1n) is 9.18. The zero-order chi connectivity index (χ0) is 18.0. The van der Waals surface area contributed by atoms with Crippen LogP contribution in [0.2, 0.25) is 0 Å². The molecule has 26 heavy (non-hydrogen) atoms. The standard InChI is InChI=1S/C21H26N2O3/c24-21(26-16-17-8-3-1-4-9-17)23-19-14-18(15-19)22-12-7-13-25-20-10-5-2-6-11-20/h1-6,8-11,18-19,22H,7,12-16H2,(H,23,24). The van der Waals surface area contributed by atoms with Gasteiger partial charge in [-0.25, -0.2) is 4.79 Å². The fraction of sp³-hybridized carbons (Fsp3) is 0.381. The largest absolute Gasteiger partial charge is 0.494 e. The van der Waals surface area contributed by atoms with E-state index in [-0.39, 0.29) is 12.1 Å². The minimum Gasteiger partial charge on any atom is -0.494 e. The molecule has 2 N–H and O–H groups in total. The molecule has 0 atom stereocenters. The Bertz CT molecular complexity index is 657. The summed E-state index contributed by atoms with van der Waals surface area (Å²) in [6.07, 6.45) is 2.51. The molecule has 1 saturated carbocycles. The Hall–Kier alpha value is -2.53. The summed E-state index contributed by atoms with van der Waals surface area (Å²) < 4.78 is 10.9. The Morgan fingerprint density at radius 3 is 2.38 bits per heavy atom. The van der Waals surface area contributed by atoms with Crippen LogP contribution in [0.4, 0.5) is 4.79 Å². The lowest BCUT2D eigenvalue weighted by molar-refractivity contribution is 0.125. The van der Waals surface area contributed by atoms with Gasteiger partial charge in [0.15, 0.2) is 0 Å². The van der Waals surface area contributed by atoms with Crippen molar-refractivity contribution in [1.82, 2.24) is 10.6 Å². The summed E-state index contributed by atoms with van der Waals surface area (Å²) in [5.41, 5.74) is 0.994. The van der Waals surface area contributed by atoms with E-state index < -0.39 is 0 Å². The fourth-order valence-corrected chi connectivity index (χ4v) is 2.92. The number of benzene rings is 2. The van der Waals surface area contributed by atoms with Crippen LogP contribution in [0.3, 0.4) is 0 Å². The predicted molar refractivity (Wildman–Crippen MR) is 101 cm³/mol. The van der Waals surface area contributed by atoms with Gasteiger partial charge in [0.25, 0.3) is 0 Å². The Kier molecular flexibility index (Phi) is 6.90. The quantitative estimate of drug-likeness (QED) is 0.677. The molecule has 138 valence electrons. The molecule has 0 heterocycles. The molecule has 0 radical (unpaired) electrons. The van der Waals surface area contributed by atoms with Crippen LogP contribution in [0.1, 0.15) is 24.8 Å². The average molecular weight is 354 g/mol. The number of nitrogens with one attached hydrogen (secondary N) is 2. The Balaban J connectivity index is 1.19. The number of carbonyl (C=O) groups excluding carboxylic acids is 1. The molecule has 5 heteroatoms. The average Bonchev–Trinajstić information content (AvgIpc) is 2.65. The van der Waals surface area contributed by atoms with Crippen LogP contribution in [0, 0.1) is 0 Å².